The number of benzene rings is 1. The van der Waals surface area contributed by atoms with Gasteiger partial charge in [-0.1, -0.05) is 35.8 Å². The maximum Gasteiger partial charge on any atom is 0.0724 e. The zero-order valence-electron chi connectivity index (χ0n) is 12.8. The maximum atomic E-state index is 4.66. The van der Waals surface area contributed by atoms with Crippen molar-refractivity contribution in [2.24, 2.45) is 0 Å². The minimum absolute atomic E-state index is 0.00530. The summed E-state index contributed by atoms with van der Waals surface area (Å²) in [5.41, 5.74) is 5.53. The molecule has 106 valence electrons. The van der Waals surface area contributed by atoms with Gasteiger partial charge < -0.3 is 0 Å². The van der Waals surface area contributed by atoms with E-state index < -0.39 is 0 Å². The van der Waals surface area contributed by atoms with E-state index >= 15 is 0 Å². The van der Waals surface area contributed by atoms with Gasteiger partial charge in [0, 0.05) is 10.0 Å². The van der Waals surface area contributed by atoms with Gasteiger partial charge in [0.2, 0.25) is 0 Å². The highest BCUT2D eigenvalue weighted by molar-refractivity contribution is 9.10. The summed E-state index contributed by atoms with van der Waals surface area (Å²) in [6.45, 7) is 11.3. The van der Waals surface area contributed by atoms with Crippen molar-refractivity contribution in [3.63, 3.8) is 0 Å². The highest BCUT2D eigenvalue weighted by atomic mass is 79.9. The Kier molecular flexibility index (Phi) is 2.91. The van der Waals surface area contributed by atoms with Crippen molar-refractivity contribution in [3.05, 3.63) is 40.0 Å². The van der Waals surface area contributed by atoms with E-state index in [-0.39, 0.29) is 11.0 Å². The van der Waals surface area contributed by atoms with Crippen LogP contribution in [0.5, 0.6) is 0 Å². The highest BCUT2D eigenvalue weighted by Crippen LogP contribution is 2.45. The molecule has 0 unspecified atom stereocenters. The van der Waals surface area contributed by atoms with E-state index in [1.165, 1.54) is 22.4 Å². The van der Waals surface area contributed by atoms with Crippen molar-refractivity contribution < 1.29 is 0 Å². The lowest BCUT2D eigenvalue weighted by Gasteiger charge is -2.34. The number of aromatic nitrogens is 2. The van der Waals surface area contributed by atoms with E-state index in [0.29, 0.717) is 0 Å². The molecule has 1 aromatic carbocycles. The van der Waals surface area contributed by atoms with Gasteiger partial charge in [-0.3, -0.25) is 4.68 Å². The summed E-state index contributed by atoms with van der Waals surface area (Å²) in [6.07, 6.45) is 3.10. The second kappa shape index (κ2) is 4.20. The Morgan fingerprint density at radius 3 is 2.60 bits per heavy atom. The number of rotatable bonds is 0. The van der Waals surface area contributed by atoms with Gasteiger partial charge in [-0.15, -0.1) is 0 Å². The summed E-state index contributed by atoms with van der Waals surface area (Å²) in [5.74, 6) is 0. The molecule has 1 aliphatic carbocycles. The summed E-state index contributed by atoms with van der Waals surface area (Å²) in [7, 11) is 0. The molecule has 2 aromatic rings. The Morgan fingerprint density at radius 1 is 1.25 bits per heavy atom. The van der Waals surface area contributed by atoms with Crippen molar-refractivity contribution in [1.29, 1.82) is 0 Å². The molecule has 20 heavy (non-hydrogen) atoms. The van der Waals surface area contributed by atoms with E-state index in [9.17, 15) is 0 Å². The number of fused-ring (bicyclic) bond motifs is 3. The molecule has 2 nitrogen and oxygen atoms in total. The first-order valence-corrected chi connectivity index (χ1v) is 7.87. The van der Waals surface area contributed by atoms with Crippen molar-refractivity contribution >= 4 is 15.9 Å². The van der Waals surface area contributed by atoms with E-state index in [0.717, 1.165) is 10.9 Å². The molecule has 0 N–H and O–H groups in total. The van der Waals surface area contributed by atoms with Crippen LogP contribution in [0.2, 0.25) is 0 Å². The van der Waals surface area contributed by atoms with Crippen LogP contribution in [-0.2, 0) is 17.4 Å². The maximum absolute atomic E-state index is 4.66. The first kappa shape index (κ1) is 13.9. The number of hydrogen-bond acceptors (Lipinski definition) is 1. The van der Waals surface area contributed by atoms with Crippen LogP contribution in [0.3, 0.4) is 0 Å². The van der Waals surface area contributed by atoms with E-state index in [1.807, 2.05) is 6.20 Å². The molecule has 3 heteroatoms. The van der Waals surface area contributed by atoms with Crippen LogP contribution in [0.1, 0.15) is 45.7 Å². The van der Waals surface area contributed by atoms with Gasteiger partial charge in [0.25, 0.3) is 0 Å². The molecule has 0 atom stereocenters. The molecule has 1 aliphatic rings. The zero-order valence-corrected chi connectivity index (χ0v) is 14.4. The fourth-order valence-electron chi connectivity index (χ4n) is 3.18. The van der Waals surface area contributed by atoms with E-state index in [4.69, 9.17) is 0 Å². The van der Waals surface area contributed by atoms with E-state index in [2.05, 4.69) is 78.5 Å². The average molecular weight is 333 g/mol. The third-order valence-corrected chi connectivity index (χ3v) is 4.57. The van der Waals surface area contributed by atoms with Gasteiger partial charge in [-0.2, -0.15) is 5.10 Å². The summed E-state index contributed by atoms with van der Waals surface area (Å²) < 4.78 is 3.30. The standard InChI is InChI=1S/C17H21BrN2/c1-16(2,3)20-15-11(10-19-20)9-17(4,5)14-7-6-12(18)8-13(14)15/h6-8,10H,9H2,1-5H3. The molecule has 1 heterocycles. The van der Waals surface area contributed by atoms with Crippen LogP contribution in [0.15, 0.2) is 28.9 Å². The average Bonchev–Trinajstić information content (AvgIpc) is 2.70. The van der Waals surface area contributed by atoms with Crippen LogP contribution in [0, 0.1) is 0 Å². The first-order valence-electron chi connectivity index (χ1n) is 7.08. The Bertz CT molecular complexity index is 675. The monoisotopic (exact) mass is 332 g/mol. The second-order valence-corrected chi connectivity index (χ2v) is 8.27. The minimum atomic E-state index is -0.00530. The third-order valence-electron chi connectivity index (χ3n) is 4.08. The molecule has 0 radical (unpaired) electrons. The van der Waals surface area contributed by atoms with E-state index in [1.54, 1.807) is 0 Å². The summed E-state index contributed by atoms with van der Waals surface area (Å²) in [6, 6.07) is 6.63. The van der Waals surface area contributed by atoms with Crippen LogP contribution in [0.4, 0.5) is 0 Å². The molecule has 0 bridgehead atoms. The predicted octanol–water partition coefficient (Wildman–Crippen LogP) is 4.90. The molecular weight excluding hydrogens is 312 g/mol. The Morgan fingerprint density at radius 2 is 1.95 bits per heavy atom. The van der Waals surface area contributed by atoms with Crippen LogP contribution in [-0.4, -0.2) is 9.78 Å². The molecule has 1 aromatic heterocycles. The number of hydrogen-bond donors (Lipinski definition) is 0. The van der Waals surface area contributed by atoms with Gasteiger partial charge >= 0.3 is 0 Å². The normalized spacial score (nSPS) is 16.7. The molecular formula is C17H21BrN2. The SMILES string of the molecule is CC1(C)Cc2cnn(C(C)(C)C)c2-c2cc(Br)ccc21. The highest BCUT2D eigenvalue weighted by Gasteiger charge is 2.35. The minimum Gasteiger partial charge on any atom is -0.259 e. The molecule has 3 rings (SSSR count). The molecule has 0 saturated heterocycles. The predicted molar refractivity (Wildman–Crippen MR) is 87.1 cm³/mol. The number of nitrogens with zero attached hydrogens (tertiary/aromatic N) is 2. The van der Waals surface area contributed by atoms with Crippen LogP contribution < -0.4 is 0 Å². The summed E-state index contributed by atoms with van der Waals surface area (Å²) >= 11 is 3.61. The Balaban J connectivity index is 2.33. The van der Waals surface area contributed by atoms with Crippen LogP contribution >= 0.6 is 15.9 Å². The molecule has 0 spiro atoms. The molecule has 0 aliphatic heterocycles. The van der Waals surface area contributed by atoms with Gasteiger partial charge in [-0.25, -0.2) is 0 Å². The molecule has 0 saturated carbocycles. The van der Waals surface area contributed by atoms with Crippen molar-refractivity contribution in [1.82, 2.24) is 9.78 Å². The molecule has 0 amide bonds. The van der Waals surface area contributed by atoms with Crippen molar-refractivity contribution in [2.75, 3.05) is 0 Å². The van der Waals surface area contributed by atoms with Crippen LogP contribution in [0.25, 0.3) is 11.3 Å². The topological polar surface area (TPSA) is 17.8 Å². The lowest BCUT2D eigenvalue weighted by atomic mass is 9.72. The van der Waals surface area contributed by atoms with Gasteiger partial charge in [0.1, 0.15) is 0 Å². The lowest BCUT2D eigenvalue weighted by Crippen LogP contribution is -2.29. The Hall–Kier alpha value is -1.09. The smallest absolute Gasteiger partial charge is 0.0724 e. The first-order chi connectivity index (χ1) is 9.20. The number of halogens is 1. The summed E-state index contributed by atoms with van der Waals surface area (Å²) in [4.78, 5) is 0. The van der Waals surface area contributed by atoms with Crippen molar-refractivity contribution in [2.45, 2.75) is 52.0 Å². The third kappa shape index (κ3) is 2.03. The van der Waals surface area contributed by atoms with Gasteiger partial charge in [-0.05, 0) is 55.9 Å². The van der Waals surface area contributed by atoms with Gasteiger partial charge in [0.05, 0.1) is 17.4 Å². The fourth-order valence-corrected chi connectivity index (χ4v) is 3.54. The van der Waals surface area contributed by atoms with Crippen molar-refractivity contribution in [3.8, 4) is 11.3 Å². The quantitative estimate of drug-likeness (QED) is 0.670. The summed E-state index contributed by atoms with van der Waals surface area (Å²) in [5, 5.41) is 4.66. The zero-order chi connectivity index (χ0) is 14.7. The fraction of sp³-hybridized carbons (Fsp3) is 0.471. The second-order valence-electron chi connectivity index (χ2n) is 7.35. The lowest BCUT2D eigenvalue weighted by molar-refractivity contribution is 0.358. The Labute approximate surface area is 129 Å². The largest absolute Gasteiger partial charge is 0.259 e. The molecule has 0 fully saturated rings. The van der Waals surface area contributed by atoms with Gasteiger partial charge in [0.15, 0.2) is 0 Å².